The zero-order chi connectivity index (χ0) is 20.9. The standard InChI is InChI=1S/C28H27NP2/c1-5-14-24(15-6-1)30(25-16-7-2-8-17-25)28-22-13-23-29(28)31(26-18-9-3-10-19-26)27-20-11-4-12-21-27/h1-12,14-21,28H,13,22-23H2. The molecule has 5 rings (SSSR count). The second kappa shape index (κ2) is 9.88. The van der Waals surface area contributed by atoms with Crippen LogP contribution in [-0.2, 0) is 0 Å². The predicted molar refractivity (Wildman–Crippen MR) is 138 cm³/mol. The number of hydrogen-bond donors (Lipinski definition) is 0. The Kier molecular flexibility index (Phi) is 6.57. The van der Waals surface area contributed by atoms with Crippen LogP contribution in [0, 0.1) is 0 Å². The molecule has 0 saturated carbocycles. The quantitative estimate of drug-likeness (QED) is 0.354. The average Bonchev–Trinajstić information content (AvgIpc) is 3.31. The van der Waals surface area contributed by atoms with Gasteiger partial charge in [0.15, 0.2) is 0 Å². The maximum absolute atomic E-state index is 2.85. The summed E-state index contributed by atoms with van der Waals surface area (Å²) in [6.45, 7) is 1.17. The van der Waals surface area contributed by atoms with Crippen LogP contribution < -0.4 is 21.2 Å². The first-order chi connectivity index (χ1) is 15.4. The molecule has 31 heavy (non-hydrogen) atoms. The van der Waals surface area contributed by atoms with E-state index in [9.17, 15) is 0 Å². The van der Waals surface area contributed by atoms with Gasteiger partial charge in [-0.15, -0.1) is 0 Å². The third kappa shape index (κ3) is 4.51. The minimum Gasteiger partial charge on any atom is -0.267 e. The molecule has 1 aliphatic rings. The van der Waals surface area contributed by atoms with Gasteiger partial charge >= 0.3 is 0 Å². The molecule has 154 valence electrons. The molecule has 1 atom stereocenters. The van der Waals surface area contributed by atoms with Gasteiger partial charge in [-0.1, -0.05) is 121 Å². The van der Waals surface area contributed by atoms with Gasteiger partial charge in [-0.25, -0.2) is 0 Å². The lowest BCUT2D eigenvalue weighted by Crippen LogP contribution is -2.35. The van der Waals surface area contributed by atoms with Gasteiger partial charge in [-0.3, -0.25) is 4.67 Å². The van der Waals surface area contributed by atoms with Gasteiger partial charge in [0.25, 0.3) is 0 Å². The minimum atomic E-state index is -0.555. The highest BCUT2D eigenvalue weighted by Crippen LogP contribution is 2.54. The normalized spacial score (nSPS) is 16.8. The van der Waals surface area contributed by atoms with Crippen LogP contribution in [0.5, 0.6) is 0 Å². The topological polar surface area (TPSA) is 3.24 Å². The number of benzene rings is 4. The van der Waals surface area contributed by atoms with Crippen molar-refractivity contribution in [2.24, 2.45) is 0 Å². The van der Waals surface area contributed by atoms with Crippen LogP contribution in [0.15, 0.2) is 121 Å². The van der Waals surface area contributed by atoms with Gasteiger partial charge in [0.1, 0.15) is 0 Å². The number of rotatable bonds is 6. The van der Waals surface area contributed by atoms with Crippen molar-refractivity contribution in [3.8, 4) is 0 Å². The molecule has 3 heteroatoms. The average molecular weight is 439 g/mol. The maximum atomic E-state index is 2.85. The molecule has 4 aromatic rings. The van der Waals surface area contributed by atoms with E-state index in [1.807, 2.05) is 0 Å². The summed E-state index contributed by atoms with van der Waals surface area (Å²) >= 11 is 0. The van der Waals surface area contributed by atoms with E-state index in [0.29, 0.717) is 5.78 Å². The highest BCUT2D eigenvalue weighted by molar-refractivity contribution is 7.75. The van der Waals surface area contributed by atoms with E-state index in [1.165, 1.54) is 40.6 Å². The fourth-order valence-electron chi connectivity index (χ4n) is 4.48. The SMILES string of the molecule is c1ccc(P(c2ccccc2)C2CCCN2P(c2ccccc2)c2ccccc2)cc1. The highest BCUT2D eigenvalue weighted by atomic mass is 31.1. The summed E-state index contributed by atoms with van der Waals surface area (Å²) < 4.78 is 2.85. The Hall–Kier alpha value is -2.30. The Labute approximate surface area is 188 Å². The second-order valence-corrected chi connectivity index (χ2v) is 12.3. The summed E-state index contributed by atoms with van der Waals surface area (Å²) in [4.78, 5) is 0. The lowest BCUT2D eigenvalue weighted by Gasteiger charge is -2.38. The monoisotopic (exact) mass is 439 g/mol. The fourth-order valence-corrected chi connectivity index (χ4v) is 10.4. The lowest BCUT2D eigenvalue weighted by molar-refractivity contribution is 0.537. The molecular weight excluding hydrogens is 412 g/mol. The van der Waals surface area contributed by atoms with E-state index in [0.717, 1.165) is 0 Å². The molecule has 0 radical (unpaired) electrons. The molecule has 0 N–H and O–H groups in total. The van der Waals surface area contributed by atoms with Crippen LogP contribution in [0.2, 0.25) is 0 Å². The third-order valence-electron chi connectivity index (χ3n) is 5.82. The first kappa shape index (κ1) is 20.6. The largest absolute Gasteiger partial charge is 0.267 e. The first-order valence-electron chi connectivity index (χ1n) is 11.0. The van der Waals surface area contributed by atoms with Gasteiger partial charge < -0.3 is 0 Å². The highest BCUT2D eigenvalue weighted by Gasteiger charge is 2.38. The first-order valence-corrected chi connectivity index (χ1v) is 13.7. The van der Waals surface area contributed by atoms with Crippen molar-refractivity contribution in [1.29, 1.82) is 0 Å². The summed E-state index contributed by atoms with van der Waals surface area (Å²) in [5.74, 6) is 0.548. The van der Waals surface area contributed by atoms with Crippen LogP contribution in [0.25, 0.3) is 0 Å². The van der Waals surface area contributed by atoms with Crippen molar-refractivity contribution < 1.29 is 0 Å². The molecule has 1 saturated heterocycles. The minimum absolute atomic E-state index is 0.462. The molecule has 4 aromatic carbocycles. The van der Waals surface area contributed by atoms with Crippen molar-refractivity contribution in [2.75, 3.05) is 6.54 Å². The van der Waals surface area contributed by atoms with E-state index in [1.54, 1.807) is 0 Å². The molecule has 1 heterocycles. The zero-order valence-corrected chi connectivity index (χ0v) is 19.4. The lowest BCUT2D eigenvalue weighted by atomic mass is 10.4. The Morgan fingerprint density at radius 3 is 1.32 bits per heavy atom. The smallest absolute Gasteiger partial charge is 0.0421 e. The van der Waals surface area contributed by atoms with E-state index < -0.39 is 16.0 Å². The molecule has 0 spiro atoms. The third-order valence-corrected chi connectivity index (χ3v) is 11.4. The maximum Gasteiger partial charge on any atom is 0.0421 e. The summed E-state index contributed by atoms with van der Waals surface area (Å²) in [7, 11) is -1.02. The van der Waals surface area contributed by atoms with Gasteiger partial charge in [0, 0.05) is 20.4 Å². The molecule has 0 bridgehead atoms. The van der Waals surface area contributed by atoms with Crippen LogP contribution in [0.4, 0.5) is 0 Å². The Balaban J connectivity index is 1.60. The predicted octanol–water partition coefficient (Wildman–Crippen LogP) is 5.59. The van der Waals surface area contributed by atoms with Crippen LogP contribution in [0.3, 0.4) is 0 Å². The van der Waals surface area contributed by atoms with E-state index >= 15 is 0 Å². The summed E-state index contributed by atoms with van der Waals surface area (Å²) in [5, 5.41) is 5.87. The second-order valence-electron chi connectivity index (χ2n) is 7.81. The van der Waals surface area contributed by atoms with Crippen molar-refractivity contribution in [2.45, 2.75) is 18.6 Å². The Morgan fingerprint density at radius 2 is 0.903 bits per heavy atom. The summed E-state index contributed by atoms with van der Waals surface area (Å²) in [6, 6.07) is 44.7. The van der Waals surface area contributed by atoms with Gasteiger partial charge in [0.2, 0.25) is 0 Å². The zero-order valence-electron chi connectivity index (χ0n) is 17.6. The van der Waals surface area contributed by atoms with Crippen LogP contribution >= 0.6 is 16.0 Å². The molecule has 1 unspecified atom stereocenters. The van der Waals surface area contributed by atoms with Crippen LogP contribution in [-0.4, -0.2) is 17.0 Å². The van der Waals surface area contributed by atoms with Crippen molar-refractivity contribution >= 4 is 37.2 Å². The fraction of sp³-hybridized carbons (Fsp3) is 0.143. The molecule has 1 nitrogen and oxygen atoms in total. The van der Waals surface area contributed by atoms with Gasteiger partial charge in [-0.05, 0) is 42.0 Å². The van der Waals surface area contributed by atoms with E-state index in [-0.39, 0.29) is 0 Å². The molecule has 1 fully saturated rings. The van der Waals surface area contributed by atoms with Crippen molar-refractivity contribution in [3.05, 3.63) is 121 Å². The van der Waals surface area contributed by atoms with E-state index in [4.69, 9.17) is 0 Å². The Morgan fingerprint density at radius 1 is 0.516 bits per heavy atom. The number of nitrogens with zero attached hydrogens (tertiary/aromatic N) is 1. The molecule has 1 aliphatic heterocycles. The summed E-state index contributed by atoms with van der Waals surface area (Å²) in [5.41, 5.74) is 0. The molecule has 0 aliphatic carbocycles. The summed E-state index contributed by atoms with van der Waals surface area (Å²) in [6.07, 6.45) is 2.52. The van der Waals surface area contributed by atoms with Crippen molar-refractivity contribution in [3.63, 3.8) is 0 Å². The van der Waals surface area contributed by atoms with Gasteiger partial charge in [0.05, 0.1) is 0 Å². The van der Waals surface area contributed by atoms with E-state index in [2.05, 4.69) is 126 Å². The van der Waals surface area contributed by atoms with Crippen LogP contribution in [0.1, 0.15) is 12.8 Å². The number of hydrogen-bond acceptors (Lipinski definition) is 1. The molecular formula is C28H27NP2. The molecule has 0 aromatic heterocycles. The van der Waals surface area contributed by atoms with Crippen molar-refractivity contribution in [1.82, 2.24) is 4.67 Å². The van der Waals surface area contributed by atoms with Gasteiger partial charge in [-0.2, -0.15) is 0 Å². The Bertz CT molecular complexity index is 903. The molecule has 0 amide bonds.